The summed E-state index contributed by atoms with van der Waals surface area (Å²) in [5.41, 5.74) is 3.91. The van der Waals surface area contributed by atoms with E-state index in [-0.39, 0.29) is 18.4 Å². The highest BCUT2D eigenvalue weighted by Crippen LogP contribution is 2.26. The van der Waals surface area contributed by atoms with E-state index >= 15 is 0 Å². The van der Waals surface area contributed by atoms with Gasteiger partial charge in [0, 0.05) is 27.2 Å². The molecule has 9 heteroatoms. The Morgan fingerprint density at radius 1 is 0.944 bits per heavy atom. The zero-order valence-electron chi connectivity index (χ0n) is 22.7. The van der Waals surface area contributed by atoms with Gasteiger partial charge in [0.15, 0.2) is 0 Å². The first-order chi connectivity index (χ1) is 16.7. The molecule has 0 aliphatic heterocycles. The highest BCUT2D eigenvalue weighted by molar-refractivity contribution is 7.90. The molecule has 0 unspecified atom stereocenters. The van der Waals surface area contributed by atoms with Crippen molar-refractivity contribution in [2.45, 2.75) is 54.1 Å². The standard InChI is InChI=1S/C27H40N4O4S/c1-19(2)16-28-27(33)23(6)30(17-24-12-10-9-11-21(24)4)26(32)18-31(36(34,35)29(7)8)25-15-20(3)13-14-22(25)5/h9-15,19,23H,16-18H2,1-8H3,(H,28,33)/t23-/m0/s1. The Kier molecular flexibility index (Phi) is 10.1. The van der Waals surface area contributed by atoms with Crippen LogP contribution in [0.15, 0.2) is 42.5 Å². The smallest absolute Gasteiger partial charge is 0.304 e. The lowest BCUT2D eigenvalue weighted by molar-refractivity contribution is -0.139. The minimum absolute atomic E-state index is 0.185. The predicted molar refractivity (Wildman–Crippen MR) is 145 cm³/mol. The largest absolute Gasteiger partial charge is 0.354 e. The maximum atomic E-state index is 13.8. The van der Waals surface area contributed by atoms with E-state index in [4.69, 9.17) is 0 Å². The highest BCUT2D eigenvalue weighted by atomic mass is 32.2. The molecule has 2 aromatic carbocycles. The normalized spacial score (nSPS) is 12.5. The van der Waals surface area contributed by atoms with Gasteiger partial charge in [-0.2, -0.15) is 12.7 Å². The van der Waals surface area contributed by atoms with Crippen molar-refractivity contribution >= 4 is 27.7 Å². The summed E-state index contributed by atoms with van der Waals surface area (Å²) >= 11 is 0. The van der Waals surface area contributed by atoms with Crippen molar-refractivity contribution in [2.75, 3.05) is 31.5 Å². The SMILES string of the molecule is Cc1ccc(C)c(N(CC(=O)N(Cc2ccccc2C)[C@@H](C)C(=O)NCC(C)C)S(=O)(=O)N(C)C)c1. The third kappa shape index (κ3) is 7.30. The molecule has 2 amide bonds. The molecule has 0 bridgehead atoms. The van der Waals surface area contributed by atoms with Crippen LogP contribution in [0.3, 0.4) is 0 Å². The van der Waals surface area contributed by atoms with Gasteiger partial charge in [-0.15, -0.1) is 0 Å². The van der Waals surface area contributed by atoms with E-state index in [2.05, 4.69) is 5.32 Å². The molecule has 198 valence electrons. The number of carbonyl (C=O) groups is 2. The molecule has 2 rings (SSSR count). The third-order valence-electron chi connectivity index (χ3n) is 6.11. The van der Waals surface area contributed by atoms with Crippen LogP contribution < -0.4 is 9.62 Å². The van der Waals surface area contributed by atoms with Crippen molar-refractivity contribution in [3.05, 3.63) is 64.7 Å². The zero-order valence-corrected chi connectivity index (χ0v) is 23.5. The number of anilines is 1. The lowest BCUT2D eigenvalue weighted by atomic mass is 10.1. The second-order valence-electron chi connectivity index (χ2n) is 9.85. The molecule has 36 heavy (non-hydrogen) atoms. The molecule has 1 N–H and O–H groups in total. The molecule has 1 atom stereocenters. The minimum atomic E-state index is -3.99. The minimum Gasteiger partial charge on any atom is -0.354 e. The van der Waals surface area contributed by atoms with E-state index in [9.17, 15) is 18.0 Å². The number of carbonyl (C=O) groups excluding carboxylic acids is 2. The Hall–Kier alpha value is -2.91. The Morgan fingerprint density at radius 2 is 1.58 bits per heavy atom. The maximum Gasteiger partial charge on any atom is 0.304 e. The lowest BCUT2D eigenvalue weighted by Crippen LogP contribution is -2.52. The maximum absolute atomic E-state index is 13.8. The number of amides is 2. The van der Waals surface area contributed by atoms with Gasteiger partial charge >= 0.3 is 10.2 Å². The Bertz CT molecular complexity index is 1180. The molecule has 0 radical (unpaired) electrons. The van der Waals surface area contributed by atoms with Crippen LogP contribution in [0, 0.1) is 26.7 Å². The number of nitrogens with zero attached hydrogens (tertiary/aromatic N) is 3. The number of hydrogen-bond donors (Lipinski definition) is 1. The van der Waals surface area contributed by atoms with Crippen LogP contribution in [-0.2, 0) is 26.3 Å². The van der Waals surface area contributed by atoms with Gasteiger partial charge in [0.25, 0.3) is 0 Å². The zero-order chi connectivity index (χ0) is 27.2. The van der Waals surface area contributed by atoms with Crippen molar-refractivity contribution < 1.29 is 18.0 Å². The van der Waals surface area contributed by atoms with Gasteiger partial charge in [0.2, 0.25) is 11.8 Å². The summed E-state index contributed by atoms with van der Waals surface area (Å²) < 4.78 is 28.9. The van der Waals surface area contributed by atoms with Crippen molar-refractivity contribution in [3.63, 3.8) is 0 Å². The van der Waals surface area contributed by atoms with E-state index in [1.54, 1.807) is 13.0 Å². The van der Waals surface area contributed by atoms with Crippen LogP contribution in [0.2, 0.25) is 0 Å². The van der Waals surface area contributed by atoms with Crippen molar-refractivity contribution in [3.8, 4) is 0 Å². The predicted octanol–water partition coefficient (Wildman–Crippen LogP) is 3.41. The number of aryl methyl sites for hydroxylation is 3. The van der Waals surface area contributed by atoms with Crippen molar-refractivity contribution in [2.24, 2.45) is 5.92 Å². The fraction of sp³-hybridized carbons (Fsp3) is 0.481. The van der Waals surface area contributed by atoms with Crippen LogP contribution >= 0.6 is 0 Å². The second kappa shape index (κ2) is 12.4. The first kappa shape index (κ1) is 29.3. The molecule has 2 aromatic rings. The molecule has 0 saturated carbocycles. The molecular formula is C27H40N4O4S. The summed E-state index contributed by atoms with van der Waals surface area (Å²) in [6.07, 6.45) is 0. The number of hydrogen-bond acceptors (Lipinski definition) is 4. The van der Waals surface area contributed by atoms with E-state index in [0.29, 0.717) is 12.2 Å². The second-order valence-corrected chi connectivity index (χ2v) is 11.9. The average Bonchev–Trinajstić information content (AvgIpc) is 2.81. The van der Waals surface area contributed by atoms with Gasteiger partial charge in [-0.05, 0) is 61.9 Å². The van der Waals surface area contributed by atoms with E-state index in [1.807, 2.05) is 71.0 Å². The van der Waals surface area contributed by atoms with Crippen LogP contribution in [0.1, 0.15) is 43.0 Å². The van der Waals surface area contributed by atoms with Crippen LogP contribution in [0.25, 0.3) is 0 Å². The van der Waals surface area contributed by atoms with Crippen LogP contribution in [-0.4, -0.2) is 62.7 Å². The summed E-state index contributed by atoms with van der Waals surface area (Å²) in [6.45, 7) is 11.5. The average molecular weight is 517 g/mol. The van der Waals surface area contributed by atoms with E-state index in [0.717, 1.165) is 30.9 Å². The van der Waals surface area contributed by atoms with Gasteiger partial charge < -0.3 is 10.2 Å². The van der Waals surface area contributed by atoms with Crippen LogP contribution in [0.4, 0.5) is 5.69 Å². The molecule has 8 nitrogen and oxygen atoms in total. The first-order valence-electron chi connectivity index (χ1n) is 12.1. The Labute approximate surface area is 216 Å². The number of nitrogens with one attached hydrogen (secondary N) is 1. The van der Waals surface area contributed by atoms with Gasteiger partial charge in [0.05, 0.1) is 5.69 Å². The number of rotatable bonds is 11. The van der Waals surface area contributed by atoms with Crippen LogP contribution in [0.5, 0.6) is 0 Å². The van der Waals surface area contributed by atoms with Gasteiger partial charge in [-0.1, -0.05) is 50.2 Å². The third-order valence-corrected chi connectivity index (χ3v) is 7.91. The van der Waals surface area contributed by atoms with Crippen molar-refractivity contribution in [1.29, 1.82) is 0 Å². The molecule has 0 spiro atoms. The van der Waals surface area contributed by atoms with Crippen molar-refractivity contribution in [1.82, 2.24) is 14.5 Å². The summed E-state index contributed by atoms with van der Waals surface area (Å²) in [5.74, 6) is -0.483. The first-order valence-corrected chi connectivity index (χ1v) is 13.5. The molecule has 0 aliphatic rings. The fourth-order valence-corrected chi connectivity index (χ4v) is 4.81. The van der Waals surface area contributed by atoms with Gasteiger partial charge in [-0.25, -0.2) is 4.31 Å². The molecule has 0 heterocycles. The Morgan fingerprint density at radius 3 is 2.17 bits per heavy atom. The Balaban J connectivity index is 2.50. The molecule has 0 aliphatic carbocycles. The van der Waals surface area contributed by atoms with E-state index in [1.165, 1.54) is 19.0 Å². The summed E-state index contributed by atoms with van der Waals surface area (Å²) in [6, 6.07) is 12.3. The molecule has 0 saturated heterocycles. The monoisotopic (exact) mass is 516 g/mol. The molecule has 0 fully saturated rings. The quantitative estimate of drug-likeness (QED) is 0.496. The van der Waals surface area contributed by atoms with E-state index < -0.39 is 28.7 Å². The summed E-state index contributed by atoms with van der Waals surface area (Å²) in [7, 11) is -1.12. The summed E-state index contributed by atoms with van der Waals surface area (Å²) in [4.78, 5) is 28.3. The lowest BCUT2D eigenvalue weighted by Gasteiger charge is -2.33. The summed E-state index contributed by atoms with van der Waals surface area (Å²) in [5, 5.41) is 2.89. The van der Waals surface area contributed by atoms with Gasteiger partial charge in [-0.3, -0.25) is 9.59 Å². The topological polar surface area (TPSA) is 90.0 Å². The molecular weight excluding hydrogens is 476 g/mol. The molecule has 0 aromatic heterocycles. The fourth-order valence-electron chi connectivity index (χ4n) is 3.70. The van der Waals surface area contributed by atoms with Gasteiger partial charge in [0.1, 0.15) is 12.6 Å². The number of benzene rings is 2. The highest BCUT2D eigenvalue weighted by Gasteiger charge is 2.33.